The Morgan fingerprint density at radius 2 is 2.13 bits per heavy atom. The summed E-state index contributed by atoms with van der Waals surface area (Å²) in [6, 6.07) is 7.50. The fourth-order valence-corrected chi connectivity index (χ4v) is 3.13. The lowest BCUT2D eigenvalue weighted by atomic mass is 10.3. The number of rotatable bonds is 7. The molecule has 0 saturated heterocycles. The maximum absolute atomic E-state index is 10.9. The molecule has 2 rings (SSSR count). The average Bonchev–Trinajstić information content (AvgIpc) is 2.47. The maximum Gasteiger partial charge on any atom is 0.264 e. The lowest BCUT2D eigenvalue weighted by Crippen LogP contribution is -2.05. The van der Waals surface area contributed by atoms with Gasteiger partial charge < -0.3 is 5.32 Å². The molecular formula is C13H13Cl2N3O3S2. The number of thioether (sulfide) groups is 1. The molecule has 1 aromatic carbocycles. The first-order chi connectivity index (χ1) is 10.8. The lowest BCUT2D eigenvalue weighted by Gasteiger charge is -2.09. The summed E-state index contributed by atoms with van der Waals surface area (Å²) in [7, 11) is -3.40. The standard InChI is InChI=1S/C13H13Cl2N3O3S2/c1-23(19,20)21-5-6-22-10-4-2-3-9(7-10)17-12-11(14)8-16-13(15)18-12/h2-4,7-8H,5-6H2,1H3,(H,16,17,18). The molecule has 23 heavy (non-hydrogen) atoms. The predicted octanol–water partition coefficient (Wildman–Crippen LogP) is 3.60. The van der Waals surface area contributed by atoms with Gasteiger partial charge in [-0.05, 0) is 29.8 Å². The molecule has 0 bridgehead atoms. The van der Waals surface area contributed by atoms with E-state index in [4.69, 9.17) is 27.4 Å². The van der Waals surface area contributed by atoms with Crippen LogP contribution in [0.25, 0.3) is 0 Å². The van der Waals surface area contributed by atoms with Crippen molar-refractivity contribution in [3.63, 3.8) is 0 Å². The van der Waals surface area contributed by atoms with Gasteiger partial charge in [0.05, 0.1) is 19.1 Å². The fraction of sp³-hybridized carbons (Fsp3) is 0.231. The third-order valence-electron chi connectivity index (χ3n) is 2.46. The van der Waals surface area contributed by atoms with Crippen molar-refractivity contribution in [3.05, 3.63) is 40.8 Å². The summed E-state index contributed by atoms with van der Waals surface area (Å²) in [5, 5.41) is 3.51. The van der Waals surface area contributed by atoms with Gasteiger partial charge >= 0.3 is 0 Å². The maximum atomic E-state index is 10.9. The van der Waals surface area contributed by atoms with Crippen molar-refractivity contribution >= 4 is 56.6 Å². The zero-order chi connectivity index (χ0) is 16.9. The van der Waals surface area contributed by atoms with Crippen LogP contribution in [-0.2, 0) is 14.3 Å². The molecule has 1 N–H and O–H groups in total. The molecule has 124 valence electrons. The van der Waals surface area contributed by atoms with Crippen molar-refractivity contribution in [3.8, 4) is 0 Å². The van der Waals surface area contributed by atoms with Gasteiger partial charge in [-0.1, -0.05) is 17.7 Å². The zero-order valence-electron chi connectivity index (χ0n) is 12.0. The Bertz CT molecular complexity index is 788. The Kier molecular flexibility index (Phi) is 6.49. The molecule has 0 aliphatic heterocycles. The van der Waals surface area contributed by atoms with E-state index < -0.39 is 10.1 Å². The van der Waals surface area contributed by atoms with Crippen molar-refractivity contribution in [1.29, 1.82) is 0 Å². The van der Waals surface area contributed by atoms with E-state index >= 15 is 0 Å². The Balaban J connectivity index is 1.98. The fourth-order valence-electron chi connectivity index (χ4n) is 1.58. The second kappa shape index (κ2) is 8.16. The van der Waals surface area contributed by atoms with Crippen molar-refractivity contribution in [2.24, 2.45) is 0 Å². The van der Waals surface area contributed by atoms with Gasteiger partial charge in [0.2, 0.25) is 5.28 Å². The van der Waals surface area contributed by atoms with Gasteiger partial charge in [-0.25, -0.2) is 4.98 Å². The van der Waals surface area contributed by atoms with Gasteiger partial charge in [-0.2, -0.15) is 13.4 Å². The number of halogens is 2. The van der Waals surface area contributed by atoms with Crippen molar-refractivity contribution < 1.29 is 12.6 Å². The molecule has 0 fully saturated rings. The third-order valence-corrected chi connectivity index (χ3v) is 4.47. The van der Waals surface area contributed by atoms with Crippen LogP contribution in [0.3, 0.4) is 0 Å². The van der Waals surface area contributed by atoms with E-state index in [2.05, 4.69) is 15.3 Å². The van der Waals surface area contributed by atoms with E-state index in [0.717, 1.165) is 16.8 Å². The minimum absolute atomic E-state index is 0.0975. The summed E-state index contributed by atoms with van der Waals surface area (Å²) >= 11 is 13.2. The first kappa shape index (κ1) is 18.3. The minimum Gasteiger partial charge on any atom is -0.339 e. The summed E-state index contributed by atoms with van der Waals surface area (Å²) in [4.78, 5) is 8.75. The highest BCUT2D eigenvalue weighted by atomic mass is 35.5. The first-order valence-electron chi connectivity index (χ1n) is 6.36. The van der Waals surface area contributed by atoms with Crippen LogP contribution in [0.5, 0.6) is 0 Å². The number of nitrogens with one attached hydrogen (secondary N) is 1. The van der Waals surface area contributed by atoms with E-state index in [1.54, 1.807) is 0 Å². The van der Waals surface area contributed by atoms with Gasteiger partial charge in [0.15, 0.2) is 5.82 Å². The number of aromatic nitrogens is 2. The molecule has 6 nitrogen and oxygen atoms in total. The second-order valence-electron chi connectivity index (χ2n) is 4.36. The van der Waals surface area contributed by atoms with E-state index in [1.165, 1.54) is 18.0 Å². The van der Waals surface area contributed by atoms with Gasteiger partial charge in [-0.15, -0.1) is 11.8 Å². The van der Waals surface area contributed by atoms with E-state index in [0.29, 0.717) is 16.6 Å². The van der Waals surface area contributed by atoms with Crippen LogP contribution in [-0.4, -0.2) is 37.0 Å². The van der Waals surface area contributed by atoms with Gasteiger partial charge in [0, 0.05) is 16.3 Å². The van der Waals surface area contributed by atoms with Crippen molar-refractivity contribution in [2.75, 3.05) is 23.9 Å². The highest BCUT2D eigenvalue weighted by Crippen LogP contribution is 2.26. The number of benzene rings is 1. The summed E-state index contributed by atoms with van der Waals surface area (Å²) < 4.78 is 26.5. The van der Waals surface area contributed by atoms with E-state index in [9.17, 15) is 8.42 Å². The van der Waals surface area contributed by atoms with Crippen LogP contribution < -0.4 is 5.32 Å². The number of anilines is 2. The summed E-state index contributed by atoms with van der Waals surface area (Å²) in [5.74, 6) is 0.922. The Hall–Kier alpha value is -1.06. The molecule has 10 heteroatoms. The highest BCUT2D eigenvalue weighted by Gasteiger charge is 2.06. The molecule has 0 aliphatic carbocycles. The van der Waals surface area contributed by atoms with Crippen LogP contribution in [0.15, 0.2) is 35.4 Å². The lowest BCUT2D eigenvalue weighted by molar-refractivity contribution is 0.345. The van der Waals surface area contributed by atoms with Gasteiger partial charge in [0.1, 0.15) is 5.02 Å². The van der Waals surface area contributed by atoms with Gasteiger partial charge in [-0.3, -0.25) is 4.18 Å². The van der Waals surface area contributed by atoms with Crippen LogP contribution in [0.2, 0.25) is 10.3 Å². The quantitative estimate of drug-likeness (QED) is 0.333. The van der Waals surface area contributed by atoms with Crippen LogP contribution in [0.1, 0.15) is 0 Å². The molecular weight excluding hydrogens is 381 g/mol. The first-order valence-corrected chi connectivity index (χ1v) is 9.91. The Morgan fingerprint density at radius 1 is 1.35 bits per heavy atom. The molecule has 0 spiro atoms. The molecule has 0 aliphatic rings. The largest absolute Gasteiger partial charge is 0.339 e. The second-order valence-corrected chi connectivity index (χ2v) is 7.92. The third kappa shape index (κ3) is 6.52. The summed E-state index contributed by atoms with van der Waals surface area (Å²) in [6.45, 7) is 0.120. The zero-order valence-corrected chi connectivity index (χ0v) is 15.1. The molecule has 0 radical (unpaired) electrons. The minimum atomic E-state index is -3.40. The number of nitrogens with zero attached hydrogens (tertiary/aromatic N) is 2. The predicted molar refractivity (Wildman–Crippen MR) is 93.3 cm³/mol. The van der Waals surface area contributed by atoms with Crippen LogP contribution in [0.4, 0.5) is 11.5 Å². The van der Waals surface area contributed by atoms with Crippen LogP contribution >= 0.6 is 35.0 Å². The molecule has 2 aromatic rings. The number of hydrogen-bond donors (Lipinski definition) is 1. The average molecular weight is 394 g/mol. The summed E-state index contributed by atoms with van der Waals surface area (Å²) in [6.07, 6.45) is 2.44. The Morgan fingerprint density at radius 3 is 2.87 bits per heavy atom. The highest BCUT2D eigenvalue weighted by molar-refractivity contribution is 7.99. The van der Waals surface area contributed by atoms with Crippen molar-refractivity contribution in [1.82, 2.24) is 9.97 Å². The molecule has 0 saturated carbocycles. The monoisotopic (exact) mass is 393 g/mol. The molecule has 0 unspecified atom stereocenters. The topological polar surface area (TPSA) is 81.2 Å². The molecule has 0 atom stereocenters. The van der Waals surface area contributed by atoms with E-state index in [-0.39, 0.29) is 11.9 Å². The van der Waals surface area contributed by atoms with E-state index in [1.807, 2.05) is 24.3 Å². The molecule has 1 aromatic heterocycles. The molecule has 1 heterocycles. The van der Waals surface area contributed by atoms with Gasteiger partial charge in [0.25, 0.3) is 10.1 Å². The summed E-state index contributed by atoms with van der Waals surface area (Å²) in [5.41, 5.74) is 0.774. The Labute approximate surface area is 148 Å². The SMILES string of the molecule is CS(=O)(=O)OCCSc1cccc(Nc2nc(Cl)ncc2Cl)c1. The normalized spacial score (nSPS) is 11.4. The molecule has 0 amide bonds. The number of hydrogen-bond acceptors (Lipinski definition) is 7. The van der Waals surface area contributed by atoms with Crippen LogP contribution in [0, 0.1) is 0 Å². The smallest absolute Gasteiger partial charge is 0.264 e. The van der Waals surface area contributed by atoms with Crippen molar-refractivity contribution in [2.45, 2.75) is 4.90 Å².